The number of rotatable bonds is 7. The van der Waals surface area contributed by atoms with Gasteiger partial charge in [-0.1, -0.05) is 17.3 Å². The Morgan fingerprint density at radius 2 is 2.12 bits per heavy atom. The molecular weight excluding hydrogens is 336 g/mol. The molecule has 0 bridgehead atoms. The largest absolute Gasteiger partial charge is 0.342 e. The second kappa shape index (κ2) is 8.49. The molecule has 1 aliphatic rings. The van der Waals surface area contributed by atoms with Crippen molar-refractivity contribution in [2.45, 2.75) is 37.1 Å². The van der Waals surface area contributed by atoms with Crippen molar-refractivity contribution in [2.24, 2.45) is 0 Å². The van der Waals surface area contributed by atoms with Gasteiger partial charge < -0.3 is 14.7 Å². The van der Waals surface area contributed by atoms with Crippen LogP contribution in [0.1, 0.15) is 25.6 Å². The van der Waals surface area contributed by atoms with E-state index in [4.69, 9.17) is 4.52 Å². The highest BCUT2D eigenvalue weighted by Gasteiger charge is 2.19. The van der Waals surface area contributed by atoms with Gasteiger partial charge in [0.25, 0.3) is 5.89 Å². The lowest BCUT2D eigenvalue weighted by molar-refractivity contribution is -0.127. The molecule has 134 valence electrons. The van der Waals surface area contributed by atoms with Crippen LogP contribution in [0.2, 0.25) is 0 Å². The third-order valence-electron chi connectivity index (χ3n) is 4.38. The van der Waals surface area contributed by atoms with Gasteiger partial charge in [0.15, 0.2) is 5.82 Å². The number of amides is 1. The average Bonchev–Trinajstić information content (AvgIpc) is 3.32. The van der Waals surface area contributed by atoms with Crippen molar-refractivity contribution >= 4 is 17.7 Å². The summed E-state index contributed by atoms with van der Waals surface area (Å²) in [6, 6.07) is 8.15. The van der Waals surface area contributed by atoms with Gasteiger partial charge in [0.1, 0.15) is 0 Å². The molecule has 25 heavy (non-hydrogen) atoms. The monoisotopic (exact) mass is 360 g/mol. The number of thioether (sulfide) groups is 1. The number of hydrogen-bond donors (Lipinski definition) is 1. The van der Waals surface area contributed by atoms with Gasteiger partial charge in [0, 0.05) is 30.4 Å². The molecule has 1 aliphatic heterocycles. The van der Waals surface area contributed by atoms with E-state index in [9.17, 15) is 4.79 Å². The number of hydrogen-bond acceptors (Lipinski definition) is 6. The normalized spacial score (nSPS) is 15.5. The summed E-state index contributed by atoms with van der Waals surface area (Å²) in [4.78, 5) is 19.7. The number of nitrogens with zero attached hydrogens (tertiary/aromatic N) is 3. The highest BCUT2D eigenvalue weighted by Crippen LogP contribution is 2.30. The van der Waals surface area contributed by atoms with Crippen molar-refractivity contribution in [2.75, 3.05) is 25.9 Å². The second-order valence-corrected chi connectivity index (χ2v) is 7.30. The predicted molar refractivity (Wildman–Crippen MR) is 98.5 cm³/mol. The molecule has 0 radical (unpaired) electrons. The van der Waals surface area contributed by atoms with E-state index in [2.05, 4.69) is 22.4 Å². The molecule has 1 aromatic heterocycles. The SMILES string of the molecule is CNC(C)Cc1noc(-c2ccccc2SCC(=O)N2CCCC2)n1. The predicted octanol–water partition coefficient (Wildman–Crippen LogP) is 2.60. The fourth-order valence-corrected chi connectivity index (χ4v) is 3.74. The Balaban J connectivity index is 1.69. The van der Waals surface area contributed by atoms with Crippen molar-refractivity contribution < 1.29 is 9.32 Å². The number of carbonyl (C=O) groups excluding carboxylic acids is 1. The Morgan fingerprint density at radius 1 is 1.36 bits per heavy atom. The van der Waals surface area contributed by atoms with Crippen LogP contribution in [0.3, 0.4) is 0 Å². The number of likely N-dealkylation sites (tertiary alicyclic amines) is 1. The number of nitrogens with one attached hydrogen (secondary N) is 1. The minimum absolute atomic E-state index is 0.200. The fraction of sp³-hybridized carbons (Fsp3) is 0.500. The molecule has 1 saturated heterocycles. The van der Waals surface area contributed by atoms with Gasteiger partial charge in [-0.2, -0.15) is 4.98 Å². The van der Waals surface area contributed by atoms with Crippen LogP contribution in [0.4, 0.5) is 0 Å². The summed E-state index contributed by atoms with van der Waals surface area (Å²) in [5.41, 5.74) is 0.887. The summed E-state index contributed by atoms with van der Waals surface area (Å²) in [6.45, 7) is 3.85. The Hall–Kier alpha value is -1.86. The molecule has 2 aromatic rings. The van der Waals surface area contributed by atoms with E-state index in [1.165, 1.54) is 11.8 Å². The van der Waals surface area contributed by atoms with Crippen LogP contribution < -0.4 is 5.32 Å². The first-order valence-electron chi connectivity index (χ1n) is 8.67. The van der Waals surface area contributed by atoms with Gasteiger partial charge in [0.2, 0.25) is 5.91 Å². The summed E-state index contributed by atoms with van der Waals surface area (Å²) >= 11 is 1.53. The molecule has 0 spiro atoms. The minimum Gasteiger partial charge on any atom is -0.342 e. The first-order chi connectivity index (χ1) is 12.2. The first kappa shape index (κ1) is 17.9. The van der Waals surface area contributed by atoms with Crippen molar-refractivity contribution in [3.63, 3.8) is 0 Å². The van der Waals surface area contributed by atoms with Crippen LogP contribution in [-0.2, 0) is 11.2 Å². The molecule has 0 saturated carbocycles. The quantitative estimate of drug-likeness (QED) is 0.765. The van der Waals surface area contributed by atoms with E-state index in [1.54, 1.807) is 0 Å². The van der Waals surface area contributed by atoms with E-state index < -0.39 is 0 Å². The van der Waals surface area contributed by atoms with E-state index in [0.29, 0.717) is 23.9 Å². The van der Waals surface area contributed by atoms with Crippen molar-refractivity contribution in [3.8, 4) is 11.5 Å². The van der Waals surface area contributed by atoms with Crippen LogP contribution in [-0.4, -0.2) is 52.9 Å². The van der Waals surface area contributed by atoms with Crippen molar-refractivity contribution in [1.29, 1.82) is 0 Å². The maximum atomic E-state index is 12.3. The maximum Gasteiger partial charge on any atom is 0.259 e. The van der Waals surface area contributed by atoms with E-state index in [0.717, 1.165) is 36.4 Å². The molecule has 1 unspecified atom stereocenters. The van der Waals surface area contributed by atoms with Gasteiger partial charge in [-0.25, -0.2) is 0 Å². The number of benzene rings is 1. The lowest BCUT2D eigenvalue weighted by atomic mass is 10.2. The van der Waals surface area contributed by atoms with Gasteiger partial charge >= 0.3 is 0 Å². The molecule has 3 rings (SSSR count). The van der Waals surface area contributed by atoms with Crippen molar-refractivity contribution in [3.05, 3.63) is 30.1 Å². The van der Waals surface area contributed by atoms with Gasteiger partial charge in [-0.15, -0.1) is 11.8 Å². The highest BCUT2D eigenvalue weighted by atomic mass is 32.2. The molecule has 1 aromatic carbocycles. The van der Waals surface area contributed by atoms with Crippen LogP contribution in [0.15, 0.2) is 33.7 Å². The lowest BCUT2D eigenvalue weighted by Gasteiger charge is -2.15. The topological polar surface area (TPSA) is 71.3 Å². The molecule has 0 aliphatic carbocycles. The van der Waals surface area contributed by atoms with Gasteiger partial charge in [-0.3, -0.25) is 4.79 Å². The number of likely N-dealkylation sites (N-methyl/N-ethyl adjacent to an activating group) is 1. The molecule has 1 N–H and O–H groups in total. The van der Waals surface area contributed by atoms with E-state index in [-0.39, 0.29) is 11.9 Å². The second-order valence-electron chi connectivity index (χ2n) is 6.28. The molecular formula is C18H24N4O2S. The molecule has 2 heterocycles. The summed E-state index contributed by atoms with van der Waals surface area (Å²) < 4.78 is 5.45. The zero-order valence-corrected chi connectivity index (χ0v) is 15.5. The zero-order chi connectivity index (χ0) is 17.6. The minimum atomic E-state index is 0.200. The third-order valence-corrected chi connectivity index (χ3v) is 5.44. The van der Waals surface area contributed by atoms with Crippen LogP contribution in [0, 0.1) is 0 Å². The standard InChI is InChI=1S/C18H24N4O2S/c1-13(19-2)11-16-20-18(24-21-16)14-7-3-4-8-15(14)25-12-17(23)22-9-5-6-10-22/h3-4,7-8,13,19H,5-6,9-12H2,1-2H3. The summed E-state index contributed by atoms with van der Waals surface area (Å²) in [6.07, 6.45) is 2.94. The Labute approximate surface area is 152 Å². The van der Waals surface area contributed by atoms with Crippen molar-refractivity contribution in [1.82, 2.24) is 20.4 Å². The Morgan fingerprint density at radius 3 is 2.88 bits per heavy atom. The molecule has 7 heteroatoms. The molecule has 1 fully saturated rings. The smallest absolute Gasteiger partial charge is 0.259 e. The molecule has 1 atom stereocenters. The molecule has 1 amide bonds. The van der Waals surface area contributed by atoms with E-state index in [1.807, 2.05) is 36.2 Å². The maximum absolute atomic E-state index is 12.3. The van der Waals surface area contributed by atoms with Crippen LogP contribution in [0.5, 0.6) is 0 Å². The van der Waals surface area contributed by atoms with Crippen LogP contribution in [0.25, 0.3) is 11.5 Å². The van der Waals surface area contributed by atoms with Gasteiger partial charge in [0.05, 0.1) is 11.3 Å². The van der Waals surface area contributed by atoms with E-state index >= 15 is 0 Å². The lowest BCUT2D eigenvalue weighted by Crippen LogP contribution is -2.29. The summed E-state index contributed by atoms with van der Waals surface area (Å²) in [7, 11) is 1.91. The number of carbonyl (C=O) groups is 1. The number of aromatic nitrogens is 2. The van der Waals surface area contributed by atoms with Gasteiger partial charge in [-0.05, 0) is 38.9 Å². The Kier molecular flexibility index (Phi) is 6.09. The fourth-order valence-electron chi connectivity index (χ4n) is 2.79. The first-order valence-corrected chi connectivity index (χ1v) is 9.65. The Bertz CT molecular complexity index is 713. The molecule has 6 nitrogen and oxygen atoms in total. The summed E-state index contributed by atoms with van der Waals surface area (Å²) in [5.74, 6) is 1.83. The zero-order valence-electron chi connectivity index (χ0n) is 14.7. The highest BCUT2D eigenvalue weighted by molar-refractivity contribution is 8.00. The average molecular weight is 360 g/mol. The third kappa shape index (κ3) is 4.61. The van der Waals surface area contributed by atoms with Crippen LogP contribution >= 0.6 is 11.8 Å². The summed E-state index contributed by atoms with van der Waals surface area (Å²) in [5, 5.41) is 7.23.